The molecule has 0 aliphatic heterocycles. The van der Waals surface area contributed by atoms with Crippen LogP contribution in [0.4, 0.5) is 0 Å². The van der Waals surface area contributed by atoms with Crippen LogP contribution in [0.5, 0.6) is 0 Å². The molecule has 0 nitrogen and oxygen atoms in total. The van der Waals surface area contributed by atoms with E-state index in [9.17, 15) is 0 Å². The monoisotopic (exact) mass is 230 g/mol. The fraction of sp³-hybridized carbons (Fsp3) is 0.0769. The molecule has 0 radical (unpaired) electrons. The molecule has 2 aromatic rings. The zero-order valence-corrected chi connectivity index (χ0v) is 9.99. The molecule has 0 spiro atoms. The minimum absolute atomic E-state index is 0.972. The molecule has 2 heteroatoms. The predicted molar refractivity (Wildman–Crippen MR) is 69.5 cm³/mol. The molecule has 1 heterocycles. The Hall–Kier alpha value is -1.17. The molecule has 0 saturated carbocycles. The van der Waals surface area contributed by atoms with Crippen molar-refractivity contribution in [2.24, 2.45) is 0 Å². The second-order valence-electron chi connectivity index (χ2n) is 3.04. The highest BCUT2D eigenvalue weighted by Gasteiger charge is 2.08. The number of hydrogen-bond acceptors (Lipinski definition) is 2. The van der Waals surface area contributed by atoms with Gasteiger partial charge in [-0.25, -0.2) is 0 Å². The van der Waals surface area contributed by atoms with Crippen molar-refractivity contribution >= 4 is 23.1 Å². The van der Waals surface area contributed by atoms with Crippen LogP contribution >= 0.6 is 23.1 Å². The van der Waals surface area contributed by atoms with E-state index < -0.39 is 0 Å². The fourth-order valence-corrected chi connectivity index (χ4v) is 2.82. The highest BCUT2D eigenvalue weighted by atomic mass is 32.2. The topological polar surface area (TPSA) is 0 Å². The van der Waals surface area contributed by atoms with E-state index in [2.05, 4.69) is 35.1 Å². The highest BCUT2D eigenvalue weighted by Crippen LogP contribution is 2.34. The zero-order chi connectivity index (χ0) is 10.7. The smallest absolute Gasteiger partial charge is 0.0332 e. The van der Waals surface area contributed by atoms with Crippen molar-refractivity contribution in [2.75, 3.05) is 6.26 Å². The molecular weight excluding hydrogens is 220 g/mol. The first-order valence-corrected chi connectivity index (χ1v) is 6.69. The third kappa shape index (κ3) is 1.94. The second-order valence-corrected chi connectivity index (χ2v) is 4.67. The molecule has 0 saturated heterocycles. The summed E-state index contributed by atoms with van der Waals surface area (Å²) in [6, 6.07) is 8.22. The van der Waals surface area contributed by atoms with E-state index in [0.717, 1.165) is 5.56 Å². The van der Waals surface area contributed by atoms with E-state index in [1.165, 1.54) is 16.0 Å². The number of thioether (sulfide) groups is 1. The molecule has 0 bridgehead atoms. The molecule has 0 unspecified atom stereocenters. The van der Waals surface area contributed by atoms with Gasteiger partial charge in [0.1, 0.15) is 0 Å². The van der Waals surface area contributed by atoms with E-state index in [1.54, 1.807) is 23.1 Å². The quantitative estimate of drug-likeness (QED) is 0.552. The van der Waals surface area contributed by atoms with Gasteiger partial charge in [0.05, 0.1) is 0 Å². The molecule has 1 aromatic carbocycles. The van der Waals surface area contributed by atoms with E-state index in [0.29, 0.717) is 0 Å². The maximum Gasteiger partial charge on any atom is 0.0332 e. The van der Waals surface area contributed by atoms with Crippen LogP contribution in [0.2, 0.25) is 0 Å². The standard InChI is InChI=1S/C13H10S2/c1-3-10-5-4-6-12(14-2)13(10)11-7-8-15-9-11/h1,4-9H,2H3. The van der Waals surface area contributed by atoms with Crippen molar-refractivity contribution < 1.29 is 0 Å². The number of terminal acetylenes is 1. The molecular formula is C13H10S2. The Kier molecular flexibility index (Phi) is 3.15. The van der Waals surface area contributed by atoms with Crippen molar-refractivity contribution in [1.82, 2.24) is 0 Å². The lowest BCUT2D eigenvalue weighted by atomic mass is 10.0. The van der Waals surface area contributed by atoms with Crippen LogP contribution in [0.1, 0.15) is 5.56 Å². The zero-order valence-electron chi connectivity index (χ0n) is 8.36. The van der Waals surface area contributed by atoms with Crippen LogP contribution in [0.3, 0.4) is 0 Å². The highest BCUT2D eigenvalue weighted by molar-refractivity contribution is 7.98. The summed E-state index contributed by atoms with van der Waals surface area (Å²) in [5.74, 6) is 2.75. The summed E-state index contributed by atoms with van der Waals surface area (Å²) in [7, 11) is 0. The van der Waals surface area contributed by atoms with E-state index >= 15 is 0 Å². The average Bonchev–Trinajstić information content (AvgIpc) is 2.81. The SMILES string of the molecule is C#Cc1cccc(SC)c1-c1ccsc1. The fourth-order valence-electron chi connectivity index (χ4n) is 1.53. The Morgan fingerprint density at radius 1 is 1.33 bits per heavy atom. The van der Waals surface area contributed by atoms with Crippen LogP contribution < -0.4 is 0 Å². The van der Waals surface area contributed by atoms with Gasteiger partial charge in [-0.3, -0.25) is 0 Å². The summed E-state index contributed by atoms with van der Waals surface area (Å²) in [5.41, 5.74) is 3.38. The molecule has 0 atom stereocenters. The normalized spacial score (nSPS) is 9.87. The molecule has 0 fully saturated rings. The molecule has 0 N–H and O–H groups in total. The minimum atomic E-state index is 0.972. The van der Waals surface area contributed by atoms with Crippen molar-refractivity contribution in [1.29, 1.82) is 0 Å². The van der Waals surface area contributed by atoms with Gasteiger partial charge in [0.25, 0.3) is 0 Å². The van der Waals surface area contributed by atoms with Crippen LogP contribution in [0, 0.1) is 12.3 Å². The Balaban J connectivity index is 2.67. The first-order valence-electron chi connectivity index (χ1n) is 4.53. The van der Waals surface area contributed by atoms with Crippen LogP contribution in [-0.2, 0) is 0 Å². The Labute approximate surface area is 98.3 Å². The molecule has 0 aliphatic rings. The summed E-state index contributed by atoms with van der Waals surface area (Å²) < 4.78 is 0. The van der Waals surface area contributed by atoms with Gasteiger partial charge in [-0.1, -0.05) is 12.0 Å². The van der Waals surface area contributed by atoms with Crippen molar-refractivity contribution in [3.8, 4) is 23.5 Å². The number of hydrogen-bond donors (Lipinski definition) is 0. The van der Waals surface area contributed by atoms with Gasteiger partial charge in [-0.15, -0.1) is 18.2 Å². The molecule has 0 amide bonds. The number of thiophene rings is 1. The summed E-state index contributed by atoms with van der Waals surface area (Å²) in [6.45, 7) is 0. The molecule has 1 aromatic heterocycles. The van der Waals surface area contributed by atoms with Gasteiger partial charge < -0.3 is 0 Å². The lowest BCUT2D eigenvalue weighted by Gasteiger charge is -2.08. The lowest BCUT2D eigenvalue weighted by molar-refractivity contribution is 1.44. The van der Waals surface area contributed by atoms with Gasteiger partial charge in [0.15, 0.2) is 0 Å². The Morgan fingerprint density at radius 3 is 2.80 bits per heavy atom. The summed E-state index contributed by atoms with van der Waals surface area (Å²) in [5, 5.41) is 4.21. The maximum atomic E-state index is 5.52. The summed E-state index contributed by atoms with van der Waals surface area (Å²) in [4.78, 5) is 1.24. The van der Waals surface area contributed by atoms with E-state index in [1.807, 2.05) is 12.1 Å². The first-order chi connectivity index (χ1) is 7.36. The minimum Gasteiger partial charge on any atom is -0.152 e. The Morgan fingerprint density at radius 2 is 2.20 bits per heavy atom. The van der Waals surface area contributed by atoms with Gasteiger partial charge in [0.2, 0.25) is 0 Å². The first kappa shape index (κ1) is 10.4. The second kappa shape index (κ2) is 4.57. The number of benzene rings is 1. The maximum absolute atomic E-state index is 5.52. The molecule has 15 heavy (non-hydrogen) atoms. The third-order valence-corrected chi connectivity index (χ3v) is 3.67. The van der Waals surface area contributed by atoms with Crippen molar-refractivity contribution in [3.63, 3.8) is 0 Å². The van der Waals surface area contributed by atoms with Crippen LogP contribution in [0.25, 0.3) is 11.1 Å². The van der Waals surface area contributed by atoms with Crippen LogP contribution in [0.15, 0.2) is 39.9 Å². The Bertz CT molecular complexity index is 490. The van der Waals surface area contributed by atoms with Gasteiger partial charge in [-0.2, -0.15) is 11.3 Å². The van der Waals surface area contributed by atoms with Gasteiger partial charge in [0, 0.05) is 16.0 Å². The third-order valence-electron chi connectivity index (χ3n) is 2.21. The molecule has 2 rings (SSSR count). The molecule has 0 aliphatic carbocycles. The summed E-state index contributed by atoms with van der Waals surface area (Å²) in [6.07, 6.45) is 7.60. The summed E-state index contributed by atoms with van der Waals surface area (Å²) >= 11 is 3.43. The van der Waals surface area contributed by atoms with Crippen molar-refractivity contribution in [2.45, 2.75) is 4.90 Å². The van der Waals surface area contributed by atoms with E-state index in [-0.39, 0.29) is 0 Å². The molecule has 74 valence electrons. The number of rotatable bonds is 2. The van der Waals surface area contributed by atoms with Crippen molar-refractivity contribution in [3.05, 3.63) is 40.6 Å². The largest absolute Gasteiger partial charge is 0.152 e. The van der Waals surface area contributed by atoms with E-state index in [4.69, 9.17) is 6.42 Å². The van der Waals surface area contributed by atoms with Crippen LogP contribution in [-0.4, -0.2) is 6.26 Å². The predicted octanol–water partition coefficient (Wildman–Crippen LogP) is 4.12. The van der Waals surface area contributed by atoms with Gasteiger partial charge >= 0.3 is 0 Å². The lowest BCUT2D eigenvalue weighted by Crippen LogP contribution is -1.85. The average molecular weight is 230 g/mol. The van der Waals surface area contributed by atoms with Gasteiger partial charge in [-0.05, 0) is 40.8 Å².